The number of hydrogen-bond donors (Lipinski definition) is 1. The third-order valence-electron chi connectivity index (χ3n) is 2.68. The van der Waals surface area contributed by atoms with Crippen LogP contribution in [0.3, 0.4) is 0 Å². The highest BCUT2D eigenvalue weighted by molar-refractivity contribution is 7.99. The molecule has 1 aromatic heterocycles. The van der Waals surface area contributed by atoms with E-state index in [1.807, 2.05) is 6.92 Å². The van der Waals surface area contributed by atoms with Crippen molar-refractivity contribution in [2.24, 2.45) is 0 Å². The molecule has 1 amide bonds. The Balaban J connectivity index is 1.90. The van der Waals surface area contributed by atoms with Gasteiger partial charge >= 0.3 is 0 Å². The molecule has 1 aromatic rings. The fourth-order valence-corrected chi connectivity index (χ4v) is 2.67. The highest BCUT2D eigenvalue weighted by atomic mass is 32.2. The summed E-state index contributed by atoms with van der Waals surface area (Å²) in [4.78, 5) is 28.1. The molecule has 2 heterocycles. The van der Waals surface area contributed by atoms with Gasteiger partial charge in [0.15, 0.2) is 5.16 Å². The molecule has 0 saturated carbocycles. The van der Waals surface area contributed by atoms with Crippen molar-refractivity contribution in [3.63, 3.8) is 0 Å². The Morgan fingerprint density at radius 3 is 3.20 bits per heavy atom. The average molecular weight is 295 g/mol. The van der Waals surface area contributed by atoms with Gasteiger partial charge in [0.25, 0.3) is 11.5 Å². The number of aromatic nitrogens is 2. The van der Waals surface area contributed by atoms with Gasteiger partial charge in [-0.25, -0.2) is 4.98 Å². The minimum absolute atomic E-state index is 0.0798. The number of nitrogens with one attached hydrogen (secondary N) is 1. The van der Waals surface area contributed by atoms with E-state index >= 15 is 0 Å². The Morgan fingerprint density at radius 1 is 1.65 bits per heavy atom. The molecule has 1 aliphatic rings. The molecule has 0 atom stereocenters. The zero-order valence-corrected chi connectivity index (χ0v) is 12.2. The summed E-state index contributed by atoms with van der Waals surface area (Å²) < 4.78 is 6.81. The van der Waals surface area contributed by atoms with E-state index in [1.165, 1.54) is 22.5 Å². The molecule has 0 spiro atoms. The van der Waals surface area contributed by atoms with Gasteiger partial charge in [0.1, 0.15) is 5.56 Å². The zero-order valence-electron chi connectivity index (χ0n) is 11.3. The molecule has 7 heteroatoms. The average Bonchev–Trinajstić information content (AvgIpc) is 2.87. The number of hydrogen-bond acceptors (Lipinski definition) is 5. The summed E-state index contributed by atoms with van der Waals surface area (Å²) in [5.74, 6) is 0.413. The Kier molecular flexibility index (Phi) is 4.97. The van der Waals surface area contributed by atoms with Crippen LogP contribution in [0.15, 0.2) is 28.3 Å². The van der Waals surface area contributed by atoms with Crippen LogP contribution >= 0.6 is 11.8 Å². The lowest BCUT2D eigenvalue weighted by Crippen LogP contribution is -2.35. The van der Waals surface area contributed by atoms with Gasteiger partial charge in [0.2, 0.25) is 0 Å². The van der Waals surface area contributed by atoms with E-state index in [0.29, 0.717) is 31.5 Å². The maximum absolute atomic E-state index is 12.1. The molecular weight excluding hydrogens is 278 g/mol. The number of amides is 1. The lowest BCUT2D eigenvalue weighted by atomic mass is 10.3. The maximum Gasteiger partial charge on any atom is 0.267 e. The Morgan fingerprint density at radius 2 is 2.45 bits per heavy atom. The quantitative estimate of drug-likeness (QED) is 0.474. The fourth-order valence-electron chi connectivity index (χ4n) is 1.75. The van der Waals surface area contributed by atoms with E-state index in [9.17, 15) is 9.59 Å². The van der Waals surface area contributed by atoms with Crippen molar-refractivity contribution in [1.29, 1.82) is 0 Å². The number of nitrogens with zero attached hydrogens (tertiary/aromatic N) is 2. The second-order valence-corrected chi connectivity index (χ2v) is 5.59. The molecule has 0 bridgehead atoms. The molecule has 0 radical (unpaired) electrons. The molecule has 6 nitrogen and oxygen atoms in total. The zero-order chi connectivity index (χ0) is 14.5. The molecule has 2 rings (SSSR count). The lowest BCUT2D eigenvalue weighted by molar-refractivity contribution is 0.0924. The van der Waals surface area contributed by atoms with Gasteiger partial charge in [-0.3, -0.25) is 14.2 Å². The van der Waals surface area contributed by atoms with Gasteiger partial charge in [-0.05, 0) is 6.92 Å². The second kappa shape index (κ2) is 6.71. The number of fused-ring (bicyclic) bond motifs is 1. The van der Waals surface area contributed by atoms with Gasteiger partial charge in [-0.1, -0.05) is 23.9 Å². The van der Waals surface area contributed by atoms with Crippen LogP contribution in [-0.4, -0.2) is 41.0 Å². The van der Waals surface area contributed by atoms with Gasteiger partial charge in [-0.2, -0.15) is 0 Å². The van der Waals surface area contributed by atoms with Gasteiger partial charge in [0, 0.05) is 25.0 Å². The number of rotatable bonds is 6. The minimum atomic E-state index is -0.409. The predicted molar refractivity (Wildman–Crippen MR) is 77.2 cm³/mol. The van der Waals surface area contributed by atoms with Crippen LogP contribution in [0.2, 0.25) is 0 Å². The van der Waals surface area contributed by atoms with E-state index in [-0.39, 0.29) is 11.1 Å². The minimum Gasteiger partial charge on any atom is -0.375 e. The van der Waals surface area contributed by atoms with E-state index in [0.717, 1.165) is 11.3 Å². The summed E-state index contributed by atoms with van der Waals surface area (Å²) in [7, 11) is 0. The molecule has 0 saturated heterocycles. The van der Waals surface area contributed by atoms with Crippen molar-refractivity contribution in [1.82, 2.24) is 14.9 Å². The van der Waals surface area contributed by atoms with Crippen LogP contribution in [0.1, 0.15) is 17.3 Å². The first-order valence-corrected chi connectivity index (χ1v) is 7.31. The Hall–Kier alpha value is -1.60. The summed E-state index contributed by atoms with van der Waals surface area (Å²) in [6.07, 6.45) is 1.34. The maximum atomic E-state index is 12.1. The van der Waals surface area contributed by atoms with Crippen LogP contribution in [0.4, 0.5) is 0 Å². The highest BCUT2D eigenvalue weighted by Crippen LogP contribution is 2.20. The molecule has 108 valence electrons. The predicted octanol–water partition coefficient (Wildman–Crippen LogP) is 0.671. The Labute approximate surface area is 121 Å². The molecule has 0 aromatic carbocycles. The first-order valence-electron chi connectivity index (χ1n) is 6.32. The van der Waals surface area contributed by atoms with E-state index < -0.39 is 5.91 Å². The molecular formula is C13H17N3O3S. The standard InChI is InChI=1S/C13H17N3O3S/c1-9(2)8-19-5-3-14-11(17)10-7-15-13-16(12(10)18)4-6-20-13/h7H,1,3-6,8H2,2H3,(H,14,17). The van der Waals surface area contributed by atoms with Crippen LogP contribution in [0, 0.1) is 0 Å². The fraction of sp³-hybridized carbons (Fsp3) is 0.462. The van der Waals surface area contributed by atoms with Crippen LogP contribution in [0.5, 0.6) is 0 Å². The normalized spacial score (nSPS) is 13.1. The summed E-state index contributed by atoms with van der Waals surface area (Å²) in [5.41, 5.74) is 0.728. The van der Waals surface area contributed by atoms with Gasteiger partial charge in [0.05, 0.1) is 13.2 Å². The van der Waals surface area contributed by atoms with Crippen LogP contribution < -0.4 is 10.9 Å². The first-order chi connectivity index (χ1) is 9.59. The Bertz CT molecular complexity index is 583. The SMILES string of the molecule is C=C(C)COCCNC(=O)c1cnc2n(c1=O)CCS2. The van der Waals surface area contributed by atoms with E-state index in [2.05, 4.69) is 16.9 Å². The first kappa shape index (κ1) is 14.8. The highest BCUT2D eigenvalue weighted by Gasteiger charge is 2.19. The molecule has 0 aliphatic carbocycles. The van der Waals surface area contributed by atoms with Crippen molar-refractivity contribution in [2.45, 2.75) is 18.6 Å². The van der Waals surface area contributed by atoms with Crippen molar-refractivity contribution < 1.29 is 9.53 Å². The topological polar surface area (TPSA) is 73.2 Å². The third-order valence-corrected chi connectivity index (χ3v) is 3.65. The molecule has 1 aliphatic heterocycles. The lowest BCUT2D eigenvalue weighted by Gasteiger charge is -2.07. The summed E-state index contributed by atoms with van der Waals surface area (Å²) in [6.45, 7) is 7.39. The second-order valence-electron chi connectivity index (χ2n) is 4.53. The van der Waals surface area contributed by atoms with Crippen molar-refractivity contribution >= 4 is 17.7 Å². The summed E-state index contributed by atoms with van der Waals surface area (Å²) >= 11 is 1.52. The van der Waals surface area contributed by atoms with Gasteiger partial charge in [-0.15, -0.1) is 0 Å². The molecule has 1 N–H and O–H groups in total. The van der Waals surface area contributed by atoms with Crippen molar-refractivity contribution in [3.8, 4) is 0 Å². The monoisotopic (exact) mass is 295 g/mol. The molecule has 0 unspecified atom stereocenters. The molecule has 0 fully saturated rings. The summed E-state index contributed by atoms with van der Waals surface area (Å²) in [6, 6.07) is 0. The van der Waals surface area contributed by atoms with Gasteiger partial charge < -0.3 is 10.1 Å². The number of carbonyl (C=O) groups is 1. The van der Waals surface area contributed by atoms with Crippen LogP contribution in [0.25, 0.3) is 0 Å². The van der Waals surface area contributed by atoms with Crippen molar-refractivity contribution in [3.05, 3.63) is 34.3 Å². The summed E-state index contributed by atoms with van der Waals surface area (Å²) in [5, 5.41) is 3.33. The van der Waals surface area contributed by atoms with E-state index in [4.69, 9.17) is 4.74 Å². The van der Waals surface area contributed by atoms with Crippen LogP contribution in [-0.2, 0) is 11.3 Å². The smallest absolute Gasteiger partial charge is 0.267 e. The number of ether oxygens (including phenoxy) is 1. The number of carbonyl (C=O) groups excluding carboxylic acids is 1. The number of thioether (sulfide) groups is 1. The largest absolute Gasteiger partial charge is 0.375 e. The third kappa shape index (κ3) is 3.49. The van der Waals surface area contributed by atoms with Crippen molar-refractivity contribution in [2.75, 3.05) is 25.5 Å². The van der Waals surface area contributed by atoms with E-state index in [1.54, 1.807) is 0 Å². The molecule has 20 heavy (non-hydrogen) atoms.